The summed E-state index contributed by atoms with van der Waals surface area (Å²) in [6.07, 6.45) is 2.28. The third-order valence-corrected chi connectivity index (χ3v) is 6.05. The number of nitrogens with one attached hydrogen (secondary N) is 1. The molecule has 0 unspecified atom stereocenters. The Labute approximate surface area is 209 Å². The van der Waals surface area contributed by atoms with Crippen molar-refractivity contribution in [3.05, 3.63) is 59.3 Å². The van der Waals surface area contributed by atoms with Gasteiger partial charge in [-0.15, -0.1) is 0 Å². The number of methoxy groups -OCH3 is 2. The van der Waals surface area contributed by atoms with Crippen molar-refractivity contribution in [2.75, 3.05) is 19.5 Å². The van der Waals surface area contributed by atoms with Gasteiger partial charge in [-0.2, -0.15) is 28.2 Å². The van der Waals surface area contributed by atoms with Gasteiger partial charge in [0.05, 0.1) is 43.4 Å². The van der Waals surface area contributed by atoms with Crippen molar-refractivity contribution < 1.29 is 36.6 Å². The van der Waals surface area contributed by atoms with Crippen LogP contribution >= 0.6 is 0 Å². The quantitative estimate of drug-likeness (QED) is 0.331. The minimum atomic E-state index is -4.85. The van der Waals surface area contributed by atoms with Gasteiger partial charge in [0.1, 0.15) is 5.56 Å². The molecule has 1 aliphatic rings. The molecular formula is C24H25F4N5O4. The first-order valence-electron chi connectivity index (χ1n) is 11.5. The van der Waals surface area contributed by atoms with Crippen molar-refractivity contribution in [2.24, 2.45) is 0 Å². The van der Waals surface area contributed by atoms with Gasteiger partial charge in [0.15, 0.2) is 11.6 Å². The third-order valence-electron chi connectivity index (χ3n) is 6.05. The molecule has 0 bridgehead atoms. The number of alkyl halides is 3. The minimum absolute atomic E-state index is 0.0451. The molecule has 1 saturated carbocycles. The van der Waals surface area contributed by atoms with E-state index in [1.54, 1.807) is 7.11 Å². The number of carbonyl (C=O) groups is 1. The Bertz CT molecular complexity index is 1230. The maximum Gasteiger partial charge on any atom is 0.421 e. The lowest BCUT2D eigenvalue weighted by Gasteiger charge is -2.29. The molecule has 1 aromatic carbocycles. The zero-order chi connectivity index (χ0) is 26.6. The van der Waals surface area contributed by atoms with Gasteiger partial charge in [0.25, 0.3) is 0 Å². The Kier molecular flexibility index (Phi) is 7.91. The highest BCUT2D eigenvalue weighted by Crippen LogP contribution is 2.39. The van der Waals surface area contributed by atoms with Crippen LogP contribution in [-0.2, 0) is 22.2 Å². The second-order valence-corrected chi connectivity index (χ2v) is 8.53. The lowest BCUT2D eigenvalue weighted by atomic mass is 9.92. The molecule has 0 radical (unpaired) electrons. The van der Waals surface area contributed by atoms with Gasteiger partial charge in [-0.3, -0.25) is 0 Å². The van der Waals surface area contributed by atoms with Gasteiger partial charge in [-0.05, 0) is 37.3 Å². The number of pyridine rings is 1. The van der Waals surface area contributed by atoms with E-state index in [2.05, 4.69) is 20.5 Å². The Balaban J connectivity index is 1.62. The molecule has 198 valence electrons. The van der Waals surface area contributed by atoms with E-state index < -0.39 is 35.2 Å². The fourth-order valence-electron chi connectivity index (χ4n) is 4.15. The zero-order valence-electron chi connectivity index (χ0n) is 20.1. The van der Waals surface area contributed by atoms with Crippen LogP contribution in [0.3, 0.4) is 0 Å². The number of halogens is 4. The van der Waals surface area contributed by atoms with Gasteiger partial charge >= 0.3 is 12.1 Å². The standard InChI is InChI=1S/C24H25F4N5O4/c1-35-16-5-3-15(4-6-16)32-20-11-19(25)21(10-17(20)23(34)36-2)37-22-18(24(26,27)28)9-14(12-29-22)13-33-30-7-8-31-33/h7-12,15-16,32H,3-6,13H2,1-2H3. The molecule has 2 heterocycles. The molecule has 13 heteroatoms. The number of ether oxygens (including phenoxy) is 3. The fraction of sp³-hybridized carbons (Fsp3) is 0.417. The summed E-state index contributed by atoms with van der Waals surface area (Å²) in [5, 5.41) is 10.9. The molecule has 9 nitrogen and oxygen atoms in total. The molecule has 1 aliphatic carbocycles. The predicted molar refractivity (Wildman–Crippen MR) is 123 cm³/mol. The Morgan fingerprint density at radius 2 is 1.81 bits per heavy atom. The molecule has 3 aromatic rings. The van der Waals surface area contributed by atoms with Gasteiger partial charge in [0.2, 0.25) is 5.88 Å². The van der Waals surface area contributed by atoms with Crippen LogP contribution in [-0.4, -0.2) is 52.3 Å². The summed E-state index contributed by atoms with van der Waals surface area (Å²) < 4.78 is 71.9. The lowest BCUT2D eigenvalue weighted by Crippen LogP contribution is -2.30. The summed E-state index contributed by atoms with van der Waals surface area (Å²) in [6.45, 7) is -0.0587. The molecule has 2 aromatic heterocycles. The molecule has 0 atom stereocenters. The van der Waals surface area contributed by atoms with Crippen LogP contribution in [0.5, 0.6) is 11.6 Å². The van der Waals surface area contributed by atoms with Crippen LogP contribution in [0.15, 0.2) is 36.8 Å². The summed E-state index contributed by atoms with van der Waals surface area (Å²) in [4.78, 5) is 17.4. The number of hydrogen-bond acceptors (Lipinski definition) is 8. The van der Waals surface area contributed by atoms with Crippen LogP contribution in [0, 0.1) is 5.82 Å². The fourth-order valence-corrected chi connectivity index (χ4v) is 4.15. The number of carbonyl (C=O) groups excluding carboxylic acids is 1. The molecular weight excluding hydrogens is 498 g/mol. The van der Waals surface area contributed by atoms with E-state index in [9.17, 15) is 18.0 Å². The van der Waals surface area contributed by atoms with Gasteiger partial charge in [-0.1, -0.05) is 0 Å². The van der Waals surface area contributed by atoms with Crippen molar-refractivity contribution >= 4 is 11.7 Å². The van der Waals surface area contributed by atoms with Gasteiger partial charge < -0.3 is 19.5 Å². The van der Waals surface area contributed by atoms with Crippen LogP contribution in [0.2, 0.25) is 0 Å². The number of rotatable bonds is 8. The summed E-state index contributed by atoms with van der Waals surface area (Å²) in [6, 6.07) is 2.80. The van der Waals surface area contributed by atoms with Crippen molar-refractivity contribution in [1.29, 1.82) is 0 Å². The molecule has 37 heavy (non-hydrogen) atoms. The van der Waals surface area contributed by atoms with Crippen molar-refractivity contribution in [3.63, 3.8) is 0 Å². The molecule has 0 aliphatic heterocycles. The van der Waals surface area contributed by atoms with E-state index in [1.165, 1.54) is 17.2 Å². The smallest absolute Gasteiger partial charge is 0.421 e. The first-order valence-corrected chi connectivity index (χ1v) is 11.5. The maximum absolute atomic E-state index is 15.0. The SMILES string of the molecule is COC(=O)c1cc(Oc2ncc(Cn3nccn3)cc2C(F)(F)F)c(F)cc1NC1CCC(OC)CC1. The van der Waals surface area contributed by atoms with E-state index >= 15 is 4.39 Å². The lowest BCUT2D eigenvalue weighted by molar-refractivity contribution is -0.139. The molecule has 4 rings (SSSR count). The summed E-state index contributed by atoms with van der Waals surface area (Å²) in [5.41, 5.74) is -0.978. The van der Waals surface area contributed by atoms with E-state index in [1.807, 2.05) is 0 Å². The highest BCUT2D eigenvalue weighted by atomic mass is 19.4. The number of anilines is 1. The first-order chi connectivity index (χ1) is 17.7. The average molecular weight is 523 g/mol. The number of nitrogens with zero attached hydrogens (tertiary/aromatic N) is 4. The highest BCUT2D eigenvalue weighted by Gasteiger charge is 2.36. The maximum atomic E-state index is 15.0. The number of esters is 1. The Hall–Kier alpha value is -3.74. The zero-order valence-corrected chi connectivity index (χ0v) is 20.1. The molecule has 0 saturated heterocycles. The second-order valence-electron chi connectivity index (χ2n) is 8.53. The largest absolute Gasteiger partial charge is 0.465 e. The number of benzene rings is 1. The number of aromatic nitrogens is 4. The number of hydrogen-bond donors (Lipinski definition) is 1. The molecule has 1 fully saturated rings. The Morgan fingerprint density at radius 3 is 2.43 bits per heavy atom. The van der Waals surface area contributed by atoms with Crippen molar-refractivity contribution in [2.45, 2.75) is 50.6 Å². The van der Waals surface area contributed by atoms with E-state index in [4.69, 9.17) is 14.2 Å². The molecule has 0 amide bonds. The summed E-state index contributed by atoms with van der Waals surface area (Å²) in [7, 11) is 2.79. The highest BCUT2D eigenvalue weighted by molar-refractivity contribution is 5.96. The summed E-state index contributed by atoms with van der Waals surface area (Å²) >= 11 is 0. The van der Waals surface area contributed by atoms with Crippen LogP contribution < -0.4 is 10.1 Å². The normalized spacial score (nSPS) is 17.9. The minimum Gasteiger partial charge on any atom is -0.465 e. The van der Waals surface area contributed by atoms with E-state index in [0.717, 1.165) is 57.2 Å². The van der Waals surface area contributed by atoms with Crippen LogP contribution in [0.1, 0.15) is 47.2 Å². The van der Waals surface area contributed by atoms with Gasteiger partial charge in [0, 0.05) is 31.5 Å². The van der Waals surface area contributed by atoms with E-state index in [-0.39, 0.29) is 35.5 Å². The van der Waals surface area contributed by atoms with E-state index in [0.29, 0.717) is 0 Å². The summed E-state index contributed by atoms with van der Waals surface area (Å²) in [5.74, 6) is -3.24. The van der Waals surface area contributed by atoms with Gasteiger partial charge in [-0.25, -0.2) is 14.2 Å². The second kappa shape index (κ2) is 11.1. The molecule has 1 N–H and O–H groups in total. The monoisotopic (exact) mass is 523 g/mol. The Morgan fingerprint density at radius 1 is 1.11 bits per heavy atom. The van der Waals surface area contributed by atoms with Crippen LogP contribution in [0.25, 0.3) is 0 Å². The first kappa shape index (κ1) is 26.3. The van der Waals surface area contributed by atoms with Crippen molar-refractivity contribution in [1.82, 2.24) is 20.0 Å². The van der Waals surface area contributed by atoms with Crippen molar-refractivity contribution in [3.8, 4) is 11.6 Å². The van der Waals surface area contributed by atoms with Crippen LogP contribution in [0.4, 0.5) is 23.2 Å². The topological polar surface area (TPSA) is 100 Å². The predicted octanol–water partition coefficient (Wildman–Crippen LogP) is 4.83. The average Bonchev–Trinajstić information content (AvgIpc) is 3.39. The molecule has 0 spiro atoms. The third kappa shape index (κ3) is 6.34.